The summed E-state index contributed by atoms with van der Waals surface area (Å²) in [6.45, 7) is 4.21. The summed E-state index contributed by atoms with van der Waals surface area (Å²) in [6.07, 6.45) is 0. The zero-order valence-corrected chi connectivity index (χ0v) is 15.1. The molecule has 0 saturated carbocycles. The van der Waals surface area contributed by atoms with E-state index in [1.165, 1.54) is 11.1 Å². The van der Waals surface area contributed by atoms with Crippen LogP contribution < -0.4 is 0 Å². The lowest BCUT2D eigenvalue weighted by Crippen LogP contribution is -1.83. The fourth-order valence-electron chi connectivity index (χ4n) is 2.79. The lowest BCUT2D eigenvalue weighted by atomic mass is 10.1. The van der Waals surface area contributed by atoms with E-state index >= 15 is 0 Å². The van der Waals surface area contributed by atoms with Crippen molar-refractivity contribution in [1.29, 1.82) is 0 Å². The number of oxazole rings is 1. The van der Waals surface area contributed by atoms with Crippen molar-refractivity contribution in [3.05, 3.63) is 76.3 Å². The van der Waals surface area contributed by atoms with Crippen LogP contribution in [0.5, 0.6) is 0 Å². The van der Waals surface area contributed by atoms with Gasteiger partial charge in [-0.1, -0.05) is 36.4 Å². The lowest BCUT2D eigenvalue weighted by molar-refractivity contribution is 0.618. The second-order valence-corrected chi connectivity index (χ2v) is 6.84. The standard InChI is InChI=1S/C21H16BrNO/c1-13-8-9-16(10-14(13)2)21-23-19-12-17(11-18(22)20(19)24-21)15-6-4-3-5-7-15/h3-12H,1-2H3. The van der Waals surface area contributed by atoms with E-state index in [9.17, 15) is 0 Å². The average molecular weight is 378 g/mol. The number of aryl methyl sites for hydroxylation is 2. The Morgan fingerprint density at radius 1 is 0.792 bits per heavy atom. The Hall–Kier alpha value is -2.39. The normalized spacial score (nSPS) is 11.1. The zero-order chi connectivity index (χ0) is 16.7. The van der Waals surface area contributed by atoms with E-state index in [-0.39, 0.29) is 0 Å². The SMILES string of the molecule is Cc1ccc(-c2nc3cc(-c4ccccc4)cc(Br)c3o2)cc1C. The van der Waals surface area contributed by atoms with Gasteiger partial charge in [0.25, 0.3) is 0 Å². The fraction of sp³-hybridized carbons (Fsp3) is 0.0952. The Balaban J connectivity index is 1.86. The van der Waals surface area contributed by atoms with Gasteiger partial charge in [0.05, 0.1) is 4.47 Å². The molecule has 1 heterocycles. The van der Waals surface area contributed by atoms with E-state index in [1.807, 2.05) is 18.2 Å². The molecule has 0 N–H and O–H groups in total. The van der Waals surface area contributed by atoms with E-state index in [4.69, 9.17) is 9.40 Å². The second kappa shape index (κ2) is 5.91. The van der Waals surface area contributed by atoms with Gasteiger partial charge in [0.2, 0.25) is 5.89 Å². The average Bonchev–Trinajstić information content (AvgIpc) is 3.03. The molecule has 0 aliphatic carbocycles. The molecule has 0 aliphatic heterocycles. The topological polar surface area (TPSA) is 26.0 Å². The third-order valence-electron chi connectivity index (χ3n) is 4.31. The van der Waals surface area contributed by atoms with E-state index < -0.39 is 0 Å². The van der Waals surface area contributed by atoms with E-state index in [0.29, 0.717) is 5.89 Å². The molecule has 24 heavy (non-hydrogen) atoms. The highest BCUT2D eigenvalue weighted by atomic mass is 79.9. The molecule has 0 amide bonds. The first-order chi connectivity index (χ1) is 11.6. The smallest absolute Gasteiger partial charge is 0.227 e. The number of halogens is 1. The maximum Gasteiger partial charge on any atom is 0.227 e. The number of hydrogen-bond donors (Lipinski definition) is 0. The lowest BCUT2D eigenvalue weighted by Gasteiger charge is -2.02. The molecule has 4 rings (SSSR count). The first-order valence-electron chi connectivity index (χ1n) is 7.85. The van der Waals surface area contributed by atoms with Gasteiger partial charge in [-0.15, -0.1) is 0 Å². The van der Waals surface area contributed by atoms with E-state index in [0.717, 1.165) is 32.3 Å². The molecule has 3 aromatic carbocycles. The monoisotopic (exact) mass is 377 g/mol. The summed E-state index contributed by atoms with van der Waals surface area (Å²) in [5, 5.41) is 0. The Labute approximate surface area is 149 Å². The van der Waals surface area contributed by atoms with Gasteiger partial charge in [-0.05, 0) is 76.3 Å². The maximum atomic E-state index is 6.01. The molecule has 0 fully saturated rings. The maximum absolute atomic E-state index is 6.01. The predicted molar refractivity (Wildman–Crippen MR) is 102 cm³/mol. The summed E-state index contributed by atoms with van der Waals surface area (Å²) in [4.78, 5) is 4.70. The van der Waals surface area contributed by atoms with Gasteiger partial charge in [-0.25, -0.2) is 4.98 Å². The van der Waals surface area contributed by atoms with Crippen LogP contribution in [0.25, 0.3) is 33.7 Å². The van der Waals surface area contributed by atoms with Crippen molar-refractivity contribution < 1.29 is 4.42 Å². The highest BCUT2D eigenvalue weighted by molar-refractivity contribution is 9.10. The third-order valence-corrected chi connectivity index (χ3v) is 4.89. The summed E-state index contributed by atoms with van der Waals surface area (Å²) in [6, 6.07) is 20.7. The highest BCUT2D eigenvalue weighted by Gasteiger charge is 2.13. The Kier molecular flexibility index (Phi) is 3.73. The minimum atomic E-state index is 0.652. The molecule has 1 aromatic heterocycles. The molecule has 2 nitrogen and oxygen atoms in total. The minimum Gasteiger partial charge on any atom is -0.435 e. The molecule has 0 aliphatic rings. The number of hydrogen-bond acceptors (Lipinski definition) is 2. The van der Waals surface area contributed by atoms with Crippen LogP contribution in [0, 0.1) is 13.8 Å². The van der Waals surface area contributed by atoms with Crippen LogP contribution in [0.1, 0.15) is 11.1 Å². The van der Waals surface area contributed by atoms with Crippen LogP contribution in [0.2, 0.25) is 0 Å². The molecule has 0 atom stereocenters. The van der Waals surface area contributed by atoms with Crippen molar-refractivity contribution in [2.75, 3.05) is 0 Å². The molecule has 0 saturated heterocycles. The van der Waals surface area contributed by atoms with Gasteiger partial charge >= 0.3 is 0 Å². The molecule has 4 aromatic rings. The molecule has 0 radical (unpaired) electrons. The van der Waals surface area contributed by atoms with Crippen LogP contribution in [-0.4, -0.2) is 4.98 Å². The van der Waals surface area contributed by atoms with E-state index in [2.05, 4.69) is 72.2 Å². The van der Waals surface area contributed by atoms with Crippen LogP contribution in [-0.2, 0) is 0 Å². The fourth-order valence-corrected chi connectivity index (χ4v) is 3.32. The number of fused-ring (bicyclic) bond motifs is 1. The molecule has 0 unspecified atom stereocenters. The molecule has 118 valence electrons. The summed E-state index contributed by atoms with van der Waals surface area (Å²) < 4.78 is 6.93. The summed E-state index contributed by atoms with van der Waals surface area (Å²) in [7, 11) is 0. The largest absolute Gasteiger partial charge is 0.435 e. The van der Waals surface area contributed by atoms with Crippen molar-refractivity contribution in [2.45, 2.75) is 13.8 Å². The summed E-state index contributed by atoms with van der Waals surface area (Å²) in [5.74, 6) is 0.652. The van der Waals surface area contributed by atoms with Crippen LogP contribution in [0.15, 0.2) is 69.6 Å². The molecule has 0 bridgehead atoms. The Morgan fingerprint density at radius 3 is 2.33 bits per heavy atom. The number of benzene rings is 3. The quantitative estimate of drug-likeness (QED) is 0.396. The van der Waals surface area contributed by atoms with Gasteiger partial charge in [0, 0.05) is 5.56 Å². The van der Waals surface area contributed by atoms with Crippen molar-refractivity contribution in [2.24, 2.45) is 0 Å². The van der Waals surface area contributed by atoms with Gasteiger partial charge in [0.15, 0.2) is 5.58 Å². The van der Waals surface area contributed by atoms with Crippen LogP contribution in [0.4, 0.5) is 0 Å². The molecular formula is C21H16BrNO. The zero-order valence-electron chi connectivity index (χ0n) is 13.5. The van der Waals surface area contributed by atoms with Crippen LogP contribution >= 0.6 is 15.9 Å². The minimum absolute atomic E-state index is 0.652. The van der Waals surface area contributed by atoms with Gasteiger partial charge in [0.1, 0.15) is 5.52 Å². The van der Waals surface area contributed by atoms with Crippen molar-refractivity contribution in [3.8, 4) is 22.6 Å². The second-order valence-electron chi connectivity index (χ2n) is 5.99. The van der Waals surface area contributed by atoms with Crippen molar-refractivity contribution in [3.63, 3.8) is 0 Å². The van der Waals surface area contributed by atoms with Crippen molar-refractivity contribution in [1.82, 2.24) is 4.98 Å². The van der Waals surface area contributed by atoms with Crippen molar-refractivity contribution >= 4 is 27.0 Å². The van der Waals surface area contributed by atoms with Gasteiger partial charge in [-0.3, -0.25) is 0 Å². The highest BCUT2D eigenvalue weighted by Crippen LogP contribution is 2.34. The first-order valence-corrected chi connectivity index (χ1v) is 8.64. The summed E-state index contributed by atoms with van der Waals surface area (Å²) >= 11 is 3.62. The Morgan fingerprint density at radius 2 is 1.58 bits per heavy atom. The van der Waals surface area contributed by atoms with Gasteiger partial charge < -0.3 is 4.42 Å². The number of nitrogens with zero attached hydrogens (tertiary/aromatic N) is 1. The van der Waals surface area contributed by atoms with E-state index in [1.54, 1.807) is 0 Å². The first kappa shape index (κ1) is 15.2. The molecular weight excluding hydrogens is 362 g/mol. The molecule has 0 spiro atoms. The number of aromatic nitrogens is 1. The summed E-state index contributed by atoms with van der Waals surface area (Å²) in [5.41, 5.74) is 7.42. The Bertz CT molecular complexity index is 1030. The predicted octanol–water partition coefficient (Wildman–Crippen LogP) is 6.54. The van der Waals surface area contributed by atoms with Crippen LogP contribution in [0.3, 0.4) is 0 Å². The van der Waals surface area contributed by atoms with Gasteiger partial charge in [-0.2, -0.15) is 0 Å². The number of rotatable bonds is 2. The molecule has 3 heteroatoms. The third kappa shape index (κ3) is 2.65.